The number of nitrogens with one attached hydrogen (secondary N) is 1. The van der Waals surface area contributed by atoms with Crippen molar-refractivity contribution in [2.45, 2.75) is 50.3 Å². The van der Waals surface area contributed by atoms with Crippen LogP contribution in [0.25, 0.3) is 0 Å². The number of thioether (sulfide) groups is 1. The number of carbonyl (C=O) groups is 4. The molecule has 2 amide bonds. The molecule has 0 unspecified atom stereocenters. The smallest absolute Gasteiger partial charge is 0.353 e. The van der Waals surface area contributed by atoms with Crippen LogP contribution in [0.15, 0.2) is 59.1 Å². The Morgan fingerprint density at radius 2 is 1.98 bits per heavy atom. The second-order valence-electron chi connectivity index (χ2n) is 10.5. The minimum atomic E-state index is -1.21. The van der Waals surface area contributed by atoms with Gasteiger partial charge in [-0.2, -0.15) is 0 Å². The van der Waals surface area contributed by atoms with Crippen molar-refractivity contribution in [1.29, 1.82) is 0 Å². The largest absolute Gasteiger partial charge is 0.477 e. The van der Waals surface area contributed by atoms with E-state index in [0.717, 1.165) is 0 Å². The first kappa shape index (κ1) is 28.0. The average Bonchev–Trinajstić information content (AvgIpc) is 3.42. The Labute approximate surface area is 235 Å². The Balaban J connectivity index is 1.40. The van der Waals surface area contributed by atoms with Crippen LogP contribution in [0.5, 0.6) is 0 Å². The number of anilines is 1. The number of fused-ring (bicyclic) bond motifs is 1. The molecule has 40 heavy (non-hydrogen) atoms. The lowest BCUT2D eigenvalue weighted by atomic mass is 9.79. The number of likely N-dealkylation sites (tertiary alicyclic amines) is 1. The van der Waals surface area contributed by atoms with Crippen LogP contribution in [0.1, 0.15) is 36.2 Å². The van der Waals surface area contributed by atoms with Crippen molar-refractivity contribution in [1.82, 2.24) is 9.80 Å². The summed E-state index contributed by atoms with van der Waals surface area (Å²) in [5, 5.41) is 22.8. The second-order valence-corrected chi connectivity index (χ2v) is 11.9. The van der Waals surface area contributed by atoms with Gasteiger partial charge >= 0.3 is 5.97 Å². The fourth-order valence-corrected chi connectivity index (χ4v) is 7.57. The van der Waals surface area contributed by atoms with Gasteiger partial charge in [-0.05, 0) is 31.5 Å². The van der Waals surface area contributed by atoms with Crippen molar-refractivity contribution in [2.75, 3.05) is 11.9 Å². The minimum absolute atomic E-state index is 0.0661. The molecule has 0 aliphatic carbocycles. The van der Waals surface area contributed by atoms with Gasteiger partial charge in [0.05, 0.1) is 24.1 Å². The van der Waals surface area contributed by atoms with Crippen LogP contribution in [-0.4, -0.2) is 74.1 Å². The zero-order chi connectivity index (χ0) is 28.7. The van der Waals surface area contributed by atoms with Crippen LogP contribution < -0.4 is 5.32 Å². The molecule has 3 aliphatic rings. The quantitative estimate of drug-likeness (QED) is 0.312. The van der Waals surface area contributed by atoms with E-state index in [0.29, 0.717) is 41.0 Å². The first-order valence-corrected chi connectivity index (χ1v) is 14.0. The maximum absolute atomic E-state index is 14.6. The first-order chi connectivity index (χ1) is 19.1. The number of halogens is 1. The van der Waals surface area contributed by atoms with Gasteiger partial charge in [-0.15, -0.1) is 11.8 Å². The van der Waals surface area contributed by atoms with Crippen LogP contribution in [0, 0.1) is 17.7 Å². The van der Waals surface area contributed by atoms with Crippen LogP contribution >= 0.6 is 11.8 Å². The number of hydrogen-bond donors (Lipinski definition) is 3. The van der Waals surface area contributed by atoms with Gasteiger partial charge in [0.2, 0.25) is 11.8 Å². The topological polar surface area (TPSA) is 127 Å². The Morgan fingerprint density at radius 1 is 1.23 bits per heavy atom. The highest BCUT2D eigenvalue weighted by molar-refractivity contribution is 8.03. The third kappa shape index (κ3) is 5.04. The molecule has 2 saturated heterocycles. The van der Waals surface area contributed by atoms with Crippen LogP contribution in [-0.2, 0) is 20.9 Å². The van der Waals surface area contributed by atoms with E-state index < -0.39 is 36.0 Å². The number of β-lactam (4-membered cyclic amide) rings is 1. The molecule has 11 heteroatoms. The number of carboxylic acid groups (broad SMARTS) is 1. The number of amides is 2. The molecule has 2 aromatic rings. The SMILES string of the molecule is C[C@@H](O)[C@H]1C(=O)N2C(C(=O)O)=C(S[C@H]3C[C@@H](C(=O)Nc4cccc(C=O)c4)N(Cc4ccccc4F)C3)[C@H](C)[C@H]12. The fourth-order valence-electron chi connectivity index (χ4n) is 6.01. The average molecular weight is 568 g/mol. The molecule has 6 atom stereocenters. The van der Waals surface area contributed by atoms with E-state index in [4.69, 9.17) is 0 Å². The third-order valence-corrected chi connectivity index (χ3v) is 9.39. The molecule has 0 spiro atoms. The molecule has 9 nitrogen and oxygen atoms in total. The molecule has 3 N–H and O–H groups in total. The van der Waals surface area contributed by atoms with Crippen molar-refractivity contribution in [3.05, 3.63) is 76.1 Å². The van der Waals surface area contributed by atoms with Gasteiger partial charge in [-0.3, -0.25) is 19.3 Å². The normalized spacial score (nSPS) is 26.9. The van der Waals surface area contributed by atoms with E-state index in [1.165, 1.54) is 29.7 Å². The Morgan fingerprint density at radius 3 is 2.65 bits per heavy atom. The summed E-state index contributed by atoms with van der Waals surface area (Å²) >= 11 is 1.34. The number of aliphatic hydroxyl groups is 1. The molecule has 2 fully saturated rings. The summed E-state index contributed by atoms with van der Waals surface area (Å²) in [6.07, 6.45) is 0.151. The standard InChI is InChI=1S/C29H30FN3O6S/c1-15-24-23(16(2)35)28(37)33(24)25(29(38)39)26(15)40-20-11-22(27(36)31-19-8-5-6-17(10-19)14-34)32(13-20)12-18-7-3-4-9-21(18)30/h3-10,14-16,20,22-24,35H,11-13H2,1-2H3,(H,31,36)(H,38,39)/t15-,16-,20+,22+,23-,24-/m1/s1. The van der Waals surface area contributed by atoms with Crippen LogP contribution in [0.4, 0.5) is 10.1 Å². The lowest BCUT2D eigenvalue weighted by Crippen LogP contribution is -2.63. The highest BCUT2D eigenvalue weighted by Crippen LogP contribution is 2.52. The van der Waals surface area contributed by atoms with E-state index in [2.05, 4.69) is 5.32 Å². The van der Waals surface area contributed by atoms with Gasteiger partial charge in [0.1, 0.15) is 17.8 Å². The maximum atomic E-state index is 14.6. The zero-order valence-electron chi connectivity index (χ0n) is 22.0. The summed E-state index contributed by atoms with van der Waals surface area (Å²) in [4.78, 5) is 53.3. The number of benzene rings is 2. The molecular weight excluding hydrogens is 537 g/mol. The molecule has 0 radical (unpaired) electrons. The summed E-state index contributed by atoms with van der Waals surface area (Å²) in [6, 6.07) is 11.8. The predicted molar refractivity (Wildman–Crippen MR) is 147 cm³/mol. The fraction of sp³-hybridized carbons (Fsp3) is 0.379. The van der Waals surface area contributed by atoms with Gasteiger partial charge in [0.15, 0.2) is 0 Å². The lowest BCUT2D eigenvalue weighted by molar-refractivity contribution is -0.163. The van der Waals surface area contributed by atoms with E-state index in [-0.39, 0.29) is 35.1 Å². The second kappa shape index (κ2) is 11.1. The molecule has 0 bridgehead atoms. The van der Waals surface area contributed by atoms with Crippen molar-refractivity contribution >= 4 is 41.5 Å². The van der Waals surface area contributed by atoms with Crippen molar-refractivity contribution in [3.8, 4) is 0 Å². The van der Waals surface area contributed by atoms with Crippen molar-refractivity contribution < 1.29 is 33.8 Å². The number of hydrogen-bond acceptors (Lipinski definition) is 7. The Kier molecular flexibility index (Phi) is 7.80. The number of rotatable bonds is 9. The van der Waals surface area contributed by atoms with Gasteiger partial charge in [0, 0.05) is 46.0 Å². The lowest BCUT2D eigenvalue weighted by Gasteiger charge is -2.46. The van der Waals surface area contributed by atoms with Gasteiger partial charge in [-0.25, -0.2) is 9.18 Å². The van der Waals surface area contributed by atoms with E-state index in [1.807, 2.05) is 11.8 Å². The molecular formula is C29H30FN3O6S. The highest BCUT2D eigenvalue weighted by atomic mass is 32.2. The molecule has 0 saturated carbocycles. The summed E-state index contributed by atoms with van der Waals surface area (Å²) < 4.78 is 14.6. The number of aldehydes is 1. The van der Waals surface area contributed by atoms with E-state index in [1.54, 1.807) is 42.5 Å². The molecule has 5 rings (SSSR count). The summed E-state index contributed by atoms with van der Waals surface area (Å²) in [7, 11) is 0. The summed E-state index contributed by atoms with van der Waals surface area (Å²) in [5.41, 5.74) is 1.24. The maximum Gasteiger partial charge on any atom is 0.353 e. The number of carbonyl (C=O) groups excluding carboxylic acids is 3. The third-order valence-electron chi connectivity index (χ3n) is 7.89. The molecule has 0 aromatic heterocycles. The van der Waals surface area contributed by atoms with E-state index in [9.17, 15) is 33.8 Å². The van der Waals surface area contributed by atoms with Crippen LogP contribution in [0.3, 0.4) is 0 Å². The summed E-state index contributed by atoms with van der Waals surface area (Å²) in [6.45, 7) is 3.94. The van der Waals surface area contributed by atoms with Crippen molar-refractivity contribution in [2.24, 2.45) is 11.8 Å². The van der Waals surface area contributed by atoms with Gasteiger partial charge in [0.25, 0.3) is 0 Å². The van der Waals surface area contributed by atoms with Gasteiger partial charge in [-0.1, -0.05) is 37.3 Å². The van der Waals surface area contributed by atoms with Gasteiger partial charge < -0.3 is 20.4 Å². The molecule has 3 heterocycles. The Bertz CT molecular complexity index is 1400. The highest BCUT2D eigenvalue weighted by Gasteiger charge is 2.60. The monoisotopic (exact) mass is 567 g/mol. The number of aliphatic hydroxyl groups excluding tert-OH is 1. The predicted octanol–water partition coefficient (Wildman–Crippen LogP) is 3.11. The zero-order valence-corrected chi connectivity index (χ0v) is 22.8. The first-order valence-electron chi connectivity index (χ1n) is 13.1. The van der Waals surface area contributed by atoms with E-state index >= 15 is 0 Å². The molecule has 3 aliphatic heterocycles. The molecule has 210 valence electrons. The number of carboxylic acids is 1. The molecule has 2 aromatic carbocycles. The number of aliphatic carboxylic acids is 1. The Hall–Kier alpha value is -3.54. The number of nitrogens with zero attached hydrogens (tertiary/aromatic N) is 2. The summed E-state index contributed by atoms with van der Waals surface area (Å²) in [5.74, 6) is -3.27. The van der Waals surface area contributed by atoms with Crippen LogP contribution in [0.2, 0.25) is 0 Å². The van der Waals surface area contributed by atoms with Crippen molar-refractivity contribution in [3.63, 3.8) is 0 Å². The minimum Gasteiger partial charge on any atom is -0.477 e.